The Morgan fingerprint density at radius 1 is 0.739 bits per heavy atom. The van der Waals surface area contributed by atoms with E-state index in [0.717, 1.165) is 12.5 Å². The molecule has 0 saturated carbocycles. The molecule has 0 aromatic rings. The van der Waals surface area contributed by atoms with Crippen LogP contribution >= 0.6 is 0 Å². The van der Waals surface area contributed by atoms with Crippen LogP contribution in [0.3, 0.4) is 0 Å². The van der Waals surface area contributed by atoms with Gasteiger partial charge in [-0.05, 0) is 12.8 Å². The molecule has 0 saturated heterocycles. The van der Waals surface area contributed by atoms with Gasteiger partial charge in [0.05, 0.1) is 0 Å². The predicted octanol–water partition coefficient (Wildman–Crippen LogP) is 5.34. The zero-order valence-corrected chi connectivity index (χ0v) is 13.8. The topological polar surface area (TPSA) is 37.3 Å². The van der Waals surface area contributed by atoms with Crippen LogP contribution in [0.25, 0.3) is 0 Å². The van der Waals surface area contributed by atoms with Crippen LogP contribution in [0.1, 0.15) is 58.3 Å². The summed E-state index contributed by atoms with van der Waals surface area (Å²) in [5.74, 6) is -0.931. The van der Waals surface area contributed by atoms with E-state index in [4.69, 9.17) is 5.11 Å². The van der Waals surface area contributed by atoms with Crippen LogP contribution in [-0.4, -0.2) is 40.6 Å². The molecular weight excluding hydrogens is 295 g/mol. The molecular formula is C20H31NaO2. The zero-order chi connectivity index (χ0) is 16.3. The standard InChI is InChI=1S/C20H30O2.Na.H/c1-2-3-4-5-6-7-8-9-10-11-12-13-14-15-16-17-18-19-20(21)22;;/h10-19H,2-9H2,1H3,(H,21,22);;/b11-10+,13-12+,15-14+,17-16+,19-18+;;. The van der Waals surface area contributed by atoms with Crippen LogP contribution in [0.5, 0.6) is 0 Å². The zero-order valence-electron chi connectivity index (χ0n) is 13.8. The maximum absolute atomic E-state index is 10.2. The van der Waals surface area contributed by atoms with Crippen molar-refractivity contribution in [1.82, 2.24) is 0 Å². The van der Waals surface area contributed by atoms with Gasteiger partial charge >= 0.3 is 35.5 Å². The normalized spacial score (nSPS) is 12.2. The minimum absolute atomic E-state index is 0. The van der Waals surface area contributed by atoms with Gasteiger partial charge in [0.15, 0.2) is 0 Å². The van der Waals surface area contributed by atoms with Gasteiger partial charge in [0.25, 0.3) is 0 Å². The summed E-state index contributed by atoms with van der Waals surface area (Å²) < 4.78 is 0. The quantitative estimate of drug-likeness (QED) is 0.214. The third-order valence-corrected chi connectivity index (χ3v) is 3.13. The molecule has 0 aromatic carbocycles. The number of hydrogen-bond acceptors (Lipinski definition) is 1. The molecule has 0 fully saturated rings. The first-order valence-corrected chi connectivity index (χ1v) is 8.33. The summed E-state index contributed by atoms with van der Waals surface area (Å²) in [4.78, 5) is 10.2. The van der Waals surface area contributed by atoms with Gasteiger partial charge in [-0.1, -0.05) is 100 Å². The van der Waals surface area contributed by atoms with Crippen molar-refractivity contribution in [2.45, 2.75) is 58.3 Å². The van der Waals surface area contributed by atoms with E-state index < -0.39 is 5.97 Å². The third kappa shape index (κ3) is 23.6. The summed E-state index contributed by atoms with van der Waals surface area (Å²) in [5.41, 5.74) is 0. The van der Waals surface area contributed by atoms with E-state index in [0.29, 0.717) is 0 Å². The van der Waals surface area contributed by atoms with Gasteiger partial charge in [-0.25, -0.2) is 4.79 Å². The van der Waals surface area contributed by atoms with Crippen LogP contribution < -0.4 is 0 Å². The average molecular weight is 326 g/mol. The summed E-state index contributed by atoms with van der Waals surface area (Å²) in [5, 5.41) is 8.38. The van der Waals surface area contributed by atoms with Crippen LogP contribution in [0.15, 0.2) is 60.8 Å². The first-order valence-electron chi connectivity index (χ1n) is 8.33. The molecule has 0 aromatic heterocycles. The molecule has 1 N–H and O–H groups in total. The van der Waals surface area contributed by atoms with Crippen molar-refractivity contribution in [3.8, 4) is 0 Å². The molecule has 0 rings (SSSR count). The predicted molar refractivity (Wildman–Crippen MR) is 103 cm³/mol. The average Bonchev–Trinajstić information content (AvgIpc) is 2.50. The van der Waals surface area contributed by atoms with Crippen molar-refractivity contribution < 1.29 is 9.90 Å². The van der Waals surface area contributed by atoms with E-state index in [2.05, 4.69) is 19.1 Å². The van der Waals surface area contributed by atoms with Crippen molar-refractivity contribution >= 4 is 35.5 Å². The second-order valence-corrected chi connectivity index (χ2v) is 5.19. The fourth-order valence-electron chi connectivity index (χ4n) is 1.92. The van der Waals surface area contributed by atoms with E-state index in [1.807, 2.05) is 24.3 Å². The molecule has 0 spiro atoms. The Kier molecular flexibility index (Phi) is 22.5. The molecule has 0 aliphatic rings. The van der Waals surface area contributed by atoms with Crippen molar-refractivity contribution in [2.75, 3.05) is 0 Å². The van der Waals surface area contributed by atoms with Crippen molar-refractivity contribution in [3.05, 3.63) is 60.8 Å². The molecule has 2 nitrogen and oxygen atoms in total. The molecule has 0 aliphatic heterocycles. The van der Waals surface area contributed by atoms with E-state index in [1.54, 1.807) is 12.2 Å². The van der Waals surface area contributed by atoms with Crippen LogP contribution in [0.2, 0.25) is 0 Å². The molecule has 0 radical (unpaired) electrons. The van der Waals surface area contributed by atoms with Crippen molar-refractivity contribution in [3.63, 3.8) is 0 Å². The van der Waals surface area contributed by atoms with Gasteiger partial charge in [-0.15, -0.1) is 0 Å². The number of carbonyl (C=O) groups is 1. The summed E-state index contributed by atoms with van der Waals surface area (Å²) in [6.07, 6.45) is 28.8. The Hall–Kier alpha value is -0.830. The molecule has 124 valence electrons. The summed E-state index contributed by atoms with van der Waals surface area (Å²) in [6, 6.07) is 0. The SMILES string of the molecule is CCCCCCCCC/C=C/C=C/C=C/C=C/C=C/C(=O)O.[NaH]. The molecule has 23 heavy (non-hydrogen) atoms. The van der Waals surface area contributed by atoms with Crippen LogP contribution in [0.4, 0.5) is 0 Å². The van der Waals surface area contributed by atoms with Gasteiger partial charge in [0.2, 0.25) is 0 Å². The second kappa shape index (κ2) is 21.2. The number of carboxylic acids is 1. The Labute approximate surface area is 164 Å². The maximum atomic E-state index is 10.2. The van der Waals surface area contributed by atoms with Gasteiger partial charge in [0.1, 0.15) is 0 Å². The summed E-state index contributed by atoms with van der Waals surface area (Å²) in [6.45, 7) is 2.25. The third-order valence-electron chi connectivity index (χ3n) is 3.13. The first-order chi connectivity index (χ1) is 10.8. The number of hydrogen-bond donors (Lipinski definition) is 1. The fraction of sp³-hybridized carbons (Fsp3) is 0.450. The van der Waals surface area contributed by atoms with Gasteiger partial charge in [-0.2, -0.15) is 0 Å². The fourth-order valence-corrected chi connectivity index (χ4v) is 1.92. The number of aliphatic carboxylic acids is 1. The van der Waals surface area contributed by atoms with Gasteiger partial charge < -0.3 is 5.11 Å². The number of allylic oxidation sites excluding steroid dienone is 9. The number of carboxylic acid groups (broad SMARTS) is 1. The molecule has 0 bridgehead atoms. The molecule has 0 aliphatic carbocycles. The van der Waals surface area contributed by atoms with E-state index in [-0.39, 0.29) is 29.6 Å². The minimum atomic E-state index is -0.931. The summed E-state index contributed by atoms with van der Waals surface area (Å²) in [7, 11) is 0. The molecule has 0 amide bonds. The van der Waals surface area contributed by atoms with Crippen molar-refractivity contribution in [1.29, 1.82) is 0 Å². The Morgan fingerprint density at radius 2 is 1.22 bits per heavy atom. The monoisotopic (exact) mass is 326 g/mol. The Balaban J connectivity index is 0. The second-order valence-electron chi connectivity index (χ2n) is 5.19. The van der Waals surface area contributed by atoms with Crippen LogP contribution in [-0.2, 0) is 4.79 Å². The molecule has 0 heterocycles. The van der Waals surface area contributed by atoms with E-state index in [9.17, 15) is 4.79 Å². The van der Waals surface area contributed by atoms with Crippen LogP contribution in [0, 0.1) is 0 Å². The molecule has 0 unspecified atom stereocenters. The van der Waals surface area contributed by atoms with Gasteiger partial charge in [-0.3, -0.25) is 0 Å². The number of unbranched alkanes of at least 4 members (excludes halogenated alkanes) is 7. The molecule has 3 heteroatoms. The van der Waals surface area contributed by atoms with E-state index in [1.165, 1.54) is 51.0 Å². The first kappa shape index (κ1) is 24.4. The Bertz CT molecular complexity index is 404. The van der Waals surface area contributed by atoms with E-state index >= 15 is 0 Å². The number of rotatable bonds is 13. The van der Waals surface area contributed by atoms with Crippen molar-refractivity contribution in [2.24, 2.45) is 0 Å². The van der Waals surface area contributed by atoms with Gasteiger partial charge in [0, 0.05) is 6.08 Å². The molecule has 0 atom stereocenters. The summed E-state index contributed by atoms with van der Waals surface area (Å²) >= 11 is 0. The Morgan fingerprint density at radius 3 is 1.78 bits per heavy atom.